The van der Waals surface area contributed by atoms with E-state index >= 15 is 0 Å². The minimum Gasteiger partial charge on any atom is -0.347 e. The quantitative estimate of drug-likeness (QED) is 0.942. The Kier molecular flexibility index (Phi) is 3.87. The van der Waals surface area contributed by atoms with Crippen LogP contribution in [0, 0.1) is 13.8 Å². The van der Waals surface area contributed by atoms with Gasteiger partial charge in [0.15, 0.2) is 0 Å². The lowest BCUT2D eigenvalue weighted by Gasteiger charge is -2.05. The van der Waals surface area contributed by atoms with Crippen LogP contribution >= 0.6 is 27.3 Å². The fourth-order valence-electron chi connectivity index (χ4n) is 1.78. The Hall–Kier alpha value is -1.14. The van der Waals surface area contributed by atoms with E-state index < -0.39 is 0 Å². The van der Waals surface area contributed by atoms with E-state index in [1.54, 1.807) is 0 Å². The van der Waals surface area contributed by atoms with Crippen LogP contribution in [0.2, 0.25) is 0 Å². The van der Waals surface area contributed by atoms with E-state index in [4.69, 9.17) is 0 Å². The molecule has 6 heteroatoms. The topological polar surface area (TPSA) is 46.9 Å². The molecule has 0 aliphatic carbocycles. The van der Waals surface area contributed by atoms with Crippen LogP contribution in [0.1, 0.15) is 26.6 Å². The van der Waals surface area contributed by atoms with Gasteiger partial charge in [-0.1, -0.05) is 0 Å². The molecule has 0 aliphatic heterocycles. The van der Waals surface area contributed by atoms with Gasteiger partial charge in [-0.2, -0.15) is 5.10 Å². The molecule has 0 fully saturated rings. The van der Waals surface area contributed by atoms with Gasteiger partial charge in [0, 0.05) is 29.3 Å². The molecule has 0 aromatic carbocycles. The predicted octanol–water partition coefficient (Wildman–Crippen LogP) is 2.79. The van der Waals surface area contributed by atoms with Crippen LogP contribution in [0.3, 0.4) is 0 Å². The van der Waals surface area contributed by atoms with Gasteiger partial charge in [0.25, 0.3) is 5.91 Å². The van der Waals surface area contributed by atoms with Crippen LogP contribution in [0.15, 0.2) is 15.9 Å². The third-order valence-electron chi connectivity index (χ3n) is 2.91. The van der Waals surface area contributed by atoms with Crippen LogP contribution in [0.4, 0.5) is 0 Å². The number of nitrogens with zero attached hydrogens (tertiary/aromatic N) is 2. The van der Waals surface area contributed by atoms with E-state index in [0.717, 1.165) is 21.4 Å². The first-order valence-electron chi connectivity index (χ1n) is 5.51. The van der Waals surface area contributed by atoms with Crippen molar-refractivity contribution >= 4 is 33.2 Å². The van der Waals surface area contributed by atoms with E-state index in [1.165, 1.54) is 11.3 Å². The molecule has 2 aromatic rings. The van der Waals surface area contributed by atoms with Gasteiger partial charge < -0.3 is 5.32 Å². The average molecular weight is 328 g/mol. The zero-order valence-electron chi connectivity index (χ0n) is 10.5. The van der Waals surface area contributed by atoms with Crippen LogP contribution in [-0.2, 0) is 13.6 Å². The Morgan fingerprint density at radius 3 is 2.78 bits per heavy atom. The monoisotopic (exact) mass is 327 g/mol. The van der Waals surface area contributed by atoms with Crippen molar-refractivity contribution in [3.63, 3.8) is 0 Å². The van der Waals surface area contributed by atoms with Gasteiger partial charge in [0.2, 0.25) is 0 Å². The zero-order chi connectivity index (χ0) is 13.3. The Balaban J connectivity index is 2.09. The first kappa shape index (κ1) is 13.3. The van der Waals surface area contributed by atoms with Crippen molar-refractivity contribution in [1.82, 2.24) is 15.1 Å². The largest absolute Gasteiger partial charge is 0.347 e. The lowest BCUT2D eigenvalue weighted by molar-refractivity contribution is 0.0954. The summed E-state index contributed by atoms with van der Waals surface area (Å²) in [7, 11) is 1.91. The van der Waals surface area contributed by atoms with Gasteiger partial charge >= 0.3 is 0 Å². The maximum Gasteiger partial charge on any atom is 0.262 e. The maximum absolute atomic E-state index is 12.0. The summed E-state index contributed by atoms with van der Waals surface area (Å²) >= 11 is 4.79. The summed E-state index contributed by atoms with van der Waals surface area (Å²) in [5, 5.41) is 9.14. The third-order valence-corrected chi connectivity index (χ3v) is 4.74. The second-order valence-electron chi connectivity index (χ2n) is 4.05. The van der Waals surface area contributed by atoms with Crippen molar-refractivity contribution in [2.45, 2.75) is 20.4 Å². The van der Waals surface area contributed by atoms with Crippen LogP contribution in [0.5, 0.6) is 0 Å². The fourth-order valence-corrected chi connectivity index (χ4v) is 3.25. The highest BCUT2D eigenvalue weighted by Gasteiger charge is 2.14. The van der Waals surface area contributed by atoms with Crippen molar-refractivity contribution in [3.05, 3.63) is 37.7 Å². The number of hydrogen-bond donors (Lipinski definition) is 1. The summed E-state index contributed by atoms with van der Waals surface area (Å²) in [6.45, 7) is 4.47. The Morgan fingerprint density at radius 2 is 2.28 bits per heavy atom. The Labute approximate surface area is 118 Å². The molecule has 1 amide bonds. The smallest absolute Gasteiger partial charge is 0.262 e. The predicted molar refractivity (Wildman–Crippen MR) is 75.9 cm³/mol. The second kappa shape index (κ2) is 5.24. The highest BCUT2D eigenvalue weighted by molar-refractivity contribution is 9.10. The van der Waals surface area contributed by atoms with E-state index in [1.807, 2.05) is 37.0 Å². The molecule has 0 saturated carbocycles. The number of amides is 1. The summed E-state index contributed by atoms with van der Waals surface area (Å²) in [5.41, 5.74) is 3.12. The van der Waals surface area contributed by atoms with E-state index in [0.29, 0.717) is 11.4 Å². The zero-order valence-corrected chi connectivity index (χ0v) is 12.9. The lowest BCUT2D eigenvalue weighted by Crippen LogP contribution is -2.22. The number of nitrogens with one attached hydrogen (secondary N) is 1. The molecule has 0 saturated heterocycles. The Morgan fingerprint density at radius 1 is 1.56 bits per heavy atom. The van der Waals surface area contributed by atoms with Crippen molar-refractivity contribution in [2.75, 3.05) is 0 Å². The van der Waals surface area contributed by atoms with Gasteiger partial charge in [-0.3, -0.25) is 9.48 Å². The van der Waals surface area contributed by atoms with Crippen molar-refractivity contribution in [1.29, 1.82) is 0 Å². The number of thiophene rings is 1. The number of carbonyl (C=O) groups excluding carboxylic acids is 1. The summed E-state index contributed by atoms with van der Waals surface area (Å²) in [5.74, 6) is -0.0560. The number of halogens is 1. The normalized spacial score (nSPS) is 10.7. The van der Waals surface area contributed by atoms with Crippen LogP contribution in [0.25, 0.3) is 0 Å². The van der Waals surface area contributed by atoms with Gasteiger partial charge in [-0.25, -0.2) is 0 Å². The fraction of sp³-hybridized carbons (Fsp3) is 0.333. The molecule has 2 rings (SSSR count). The minimum absolute atomic E-state index is 0.0560. The molecule has 1 N–H and O–H groups in total. The van der Waals surface area contributed by atoms with Crippen molar-refractivity contribution in [2.24, 2.45) is 7.05 Å². The summed E-state index contributed by atoms with van der Waals surface area (Å²) < 4.78 is 2.67. The molecule has 96 valence electrons. The van der Waals surface area contributed by atoms with Gasteiger partial charge in [0.1, 0.15) is 4.88 Å². The number of aryl methyl sites for hydroxylation is 2. The van der Waals surface area contributed by atoms with Gasteiger partial charge in [-0.15, -0.1) is 11.3 Å². The molecule has 0 bridgehead atoms. The molecular formula is C12H14BrN3OS. The van der Waals surface area contributed by atoms with Gasteiger partial charge in [-0.05, 0) is 41.2 Å². The molecule has 0 unspecified atom stereocenters. The molecule has 18 heavy (non-hydrogen) atoms. The highest BCUT2D eigenvalue weighted by Crippen LogP contribution is 2.22. The van der Waals surface area contributed by atoms with Crippen molar-refractivity contribution < 1.29 is 4.79 Å². The maximum atomic E-state index is 12.0. The minimum atomic E-state index is -0.0560. The third kappa shape index (κ3) is 2.49. The van der Waals surface area contributed by atoms with E-state index in [2.05, 4.69) is 26.3 Å². The van der Waals surface area contributed by atoms with Gasteiger partial charge in [0.05, 0.1) is 5.69 Å². The highest BCUT2D eigenvalue weighted by atomic mass is 79.9. The van der Waals surface area contributed by atoms with Crippen molar-refractivity contribution in [3.8, 4) is 0 Å². The second-order valence-corrected chi connectivity index (χ2v) is 5.82. The number of aromatic nitrogens is 2. The van der Waals surface area contributed by atoms with Crippen LogP contribution in [-0.4, -0.2) is 15.7 Å². The first-order valence-corrected chi connectivity index (χ1v) is 7.18. The number of hydrogen-bond acceptors (Lipinski definition) is 3. The molecule has 0 atom stereocenters. The Bertz CT molecular complexity index is 588. The molecule has 2 heterocycles. The van der Waals surface area contributed by atoms with Crippen LogP contribution < -0.4 is 5.32 Å². The lowest BCUT2D eigenvalue weighted by atomic mass is 10.2. The standard InChI is InChI=1S/C12H14BrN3OS/c1-7-9(8(2)16(3)15-7)6-14-12(17)11-10(13)4-5-18-11/h4-5H,6H2,1-3H3,(H,14,17). The molecular weight excluding hydrogens is 314 g/mol. The molecule has 0 aliphatic rings. The number of rotatable bonds is 3. The average Bonchev–Trinajstić information content (AvgIpc) is 2.83. The summed E-state index contributed by atoms with van der Waals surface area (Å²) in [4.78, 5) is 12.7. The van der Waals surface area contributed by atoms with E-state index in [9.17, 15) is 4.79 Å². The first-order chi connectivity index (χ1) is 8.50. The summed E-state index contributed by atoms with van der Waals surface area (Å²) in [6.07, 6.45) is 0. The number of carbonyl (C=O) groups is 1. The molecule has 0 spiro atoms. The molecule has 2 aromatic heterocycles. The summed E-state index contributed by atoms with van der Waals surface area (Å²) in [6, 6.07) is 1.88. The SMILES string of the molecule is Cc1nn(C)c(C)c1CNC(=O)c1sccc1Br. The molecule has 4 nitrogen and oxygen atoms in total. The molecule has 0 radical (unpaired) electrons. The van der Waals surface area contributed by atoms with E-state index in [-0.39, 0.29) is 5.91 Å².